The molecule has 1 aliphatic carbocycles. The zero-order chi connectivity index (χ0) is 14.5. The van der Waals surface area contributed by atoms with Crippen LogP contribution in [0.15, 0.2) is 0 Å². The van der Waals surface area contributed by atoms with E-state index in [-0.39, 0.29) is 5.75 Å². The fourth-order valence-electron chi connectivity index (χ4n) is 2.91. The summed E-state index contributed by atoms with van der Waals surface area (Å²) in [6, 6.07) is 0.513. The van der Waals surface area contributed by atoms with Crippen molar-refractivity contribution in [2.45, 2.75) is 45.6 Å². The molecule has 0 saturated heterocycles. The van der Waals surface area contributed by atoms with Crippen molar-refractivity contribution < 1.29 is 8.42 Å². The lowest BCUT2D eigenvalue weighted by Gasteiger charge is -2.34. The van der Waals surface area contributed by atoms with E-state index in [4.69, 9.17) is 0 Å². The average molecular weight is 290 g/mol. The van der Waals surface area contributed by atoms with Gasteiger partial charge in [-0.1, -0.05) is 26.7 Å². The number of hydrogen-bond donors (Lipinski definition) is 1. The molecule has 5 heteroatoms. The van der Waals surface area contributed by atoms with E-state index in [2.05, 4.69) is 24.1 Å². The summed E-state index contributed by atoms with van der Waals surface area (Å²) in [7, 11) is -0.813. The molecule has 0 atom stereocenters. The number of nitrogens with one attached hydrogen (secondary N) is 1. The highest BCUT2D eigenvalue weighted by Crippen LogP contribution is 2.38. The van der Waals surface area contributed by atoms with E-state index in [1.54, 1.807) is 0 Å². The van der Waals surface area contributed by atoms with Crippen LogP contribution in [0.5, 0.6) is 0 Å². The lowest BCUT2D eigenvalue weighted by Crippen LogP contribution is -2.44. The maximum absolute atomic E-state index is 11.2. The van der Waals surface area contributed by atoms with Crippen LogP contribution in [-0.4, -0.2) is 58.1 Å². The summed E-state index contributed by atoms with van der Waals surface area (Å²) in [5.74, 6) is 0.261. The minimum absolute atomic E-state index is 0.261. The molecule has 0 unspecified atom stereocenters. The van der Waals surface area contributed by atoms with Gasteiger partial charge in [-0.05, 0) is 25.3 Å². The van der Waals surface area contributed by atoms with Crippen molar-refractivity contribution >= 4 is 9.84 Å². The summed E-state index contributed by atoms with van der Waals surface area (Å²) in [5, 5.41) is 3.56. The molecule has 1 saturated carbocycles. The van der Waals surface area contributed by atoms with Gasteiger partial charge in [-0.15, -0.1) is 0 Å². The third kappa shape index (κ3) is 6.72. The summed E-state index contributed by atoms with van der Waals surface area (Å²) in [6.45, 7) is 7.05. The van der Waals surface area contributed by atoms with E-state index >= 15 is 0 Å². The second-order valence-corrected chi connectivity index (χ2v) is 8.87. The molecule has 0 heterocycles. The monoisotopic (exact) mass is 290 g/mol. The summed E-state index contributed by atoms with van der Waals surface area (Å²) < 4.78 is 22.5. The van der Waals surface area contributed by atoms with Crippen molar-refractivity contribution in [3.8, 4) is 0 Å². The van der Waals surface area contributed by atoms with Crippen molar-refractivity contribution in [3.05, 3.63) is 0 Å². The Labute approximate surface area is 118 Å². The Kier molecular flexibility index (Phi) is 6.27. The van der Waals surface area contributed by atoms with Crippen LogP contribution in [0.3, 0.4) is 0 Å². The van der Waals surface area contributed by atoms with Crippen LogP contribution < -0.4 is 5.32 Å². The lowest BCUT2D eigenvalue weighted by atomic mass is 9.85. The minimum Gasteiger partial charge on any atom is -0.314 e. The first kappa shape index (κ1) is 16.9. The van der Waals surface area contributed by atoms with Crippen LogP contribution in [0.25, 0.3) is 0 Å². The largest absolute Gasteiger partial charge is 0.314 e. The summed E-state index contributed by atoms with van der Waals surface area (Å²) in [6.07, 6.45) is 6.44. The van der Waals surface area contributed by atoms with E-state index in [0.717, 1.165) is 13.1 Å². The highest BCUT2D eigenvalue weighted by atomic mass is 32.2. The van der Waals surface area contributed by atoms with E-state index in [9.17, 15) is 8.42 Å². The Bertz CT molecular complexity index is 360. The van der Waals surface area contributed by atoms with Crippen LogP contribution in [0.1, 0.15) is 39.5 Å². The predicted molar refractivity (Wildman–Crippen MR) is 81.2 cm³/mol. The maximum atomic E-state index is 11.2. The van der Waals surface area contributed by atoms with Gasteiger partial charge in [0.25, 0.3) is 0 Å². The van der Waals surface area contributed by atoms with Crippen LogP contribution >= 0.6 is 0 Å². The highest BCUT2D eigenvalue weighted by Gasteiger charge is 2.34. The minimum atomic E-state index is -2.86. The Hall–Kier alpha value is -0.130. The van der Waals surface area contributed by atoms with Crippen molar-refractivity contribution in [1.82, 2.24) is 10.2 Å². The summed E-state index contributed by atoms with van der Waals surface area (Å²) in [5.41, 5.74) is 0.344. The molecule has 114 valence electrons. The first-order valence-corrected chi connectivity index (χ1v) is 9.38. The van der Waals surface area contributed by atoms with Gasteiger partial charge >= 0.3 is 0 Å². The van der Waals surface area contributed by atoms with Gasteiger partial charge in [0.1, 0.15) is 9.84 Å². The first-order chi connectivity index (χ1) is 8.72. The van der Waals surface area contributed by atoms with Gasteiger partial charge in [-0.2, -0.15) is 0 Å². The van der Waals surface area contributed by atoms with Crippen molar-refractivity contribution in [2.75, 3.05) is 38.7 Å². The van der Waals surface area contributed by atoms with Crippen LogP contribution in [-0.2, 0) is 9.84 Å². The van der Waals surface area contributed by atoms with E-state index in [1.807, 2.05) is 7.05 Å². The Morgan fingerprint density at radius 3 is 2.32 bits per heavy atom. The van der Waals surface area contributed by atoms with E-state index in [0.29, 0.717) is 18.0 Å². The second kappa shape index (κ2) is 7.04. The van der Waals surface area contributed by atoms with Gasteiger partial charge < -0.3 is 10.2 Å². The molecule has 1 fully saturated rings. The zero-order valence-electron chi connectivity index (χ0n) is 12.9. The number of nitrogens with zero attached hydrogens (tertiary/aromatic N) is 1. The number of rotatable bonds is 8. The SMILES string of the molecule is CC(C)NCC1(CN(C)CCS(C)(=O)=O)CCCC1. The summed E-state index contributed by atoms with van der Waals surface area (Å²) in [4.78, 5) is 2.19. The molecule has 0 amide bonds. The molecule has 1 rings (SSSR count). The molecule has 0 bridgehead atoms. The second-order valence-electron chi connectivity index (χ2n) is 6.61. The normalized spacial score (nSPS) is 19.5. The molecule has 0 aromatic rings. The third-order valence-electron chi connectivity index (χ3n) is 4.00. The highest BCUT2D eigenvalue weighted by molar-refractivity contribution is 7.90. The molecule has 0 aliphatic heterocycles. The molecular formula is C14H30N2O2S. The zero-order valence-corrected chi connectivity index (χ0v) is 13.7. The molecule has 1 N–H and O–H groups in total. The van der Waals surface area contributed by atoms with Gasteiger partial charge in [-0.25, -0.2) is 8.42 Å². The van der Waals surface area contributed by atoms with Gasteiger partial charge in [-0.3, -0.25) is 0 Å². The first-order valence-electron chi connectivity index (χ1n) is 7.32. The molecule has 19 heavy (non-hydrogen) atoms. The van der Waals surface area contributed by atoms with Crippen molar-refractivity contribution in [1.29, 1.82) is 0 Å². The van der Waals surface area contributed by atoms with Crippen LogP contribution in [0.4, 0.5) is 0 Å². The Morgan fingerprint density at radius 2 is 1.84 bits per heavy atom. The van der Waals surface area contributed by atoms with Gasteiger partial charge in [0.05, 0.1) is 5.75 Å². The van der Waals surface area contributed by atoms with Gasteiger partial charge in [0.15, 0.2) is 0 Å². The quantitative estimate of drug-likeness (QED) is 0.736. The third-order valence-corrected chi connectivity index (χ3v) is 4.92. The van der Waals surface area contributed by atoms with Gasteiger partial charge in [0, 0.05) is 31.9 Å². The molecule has 0 aromatic heterocycles. The fraction of sp³-hybridized carbons (Fsp3) is 1.00. The average Bonchev–Trinajstić information content (AvgIpc) is 2.72. The molecule has 0 aromatic carbocycles. The maximum Gasteiger partial charge on any atom is 0.148 e. The smallest absolute Gasteiger partial charge is 0.148 e. The van der Waals surface area contributed by atoms with Gasteiger partial charge in [0.2, 0.25) is 0 Å². The topological polar surface area (TPSA) is 49.4 Å². The molecule has 1 aliphatic rings. The Balaban J connectivity index is 2.48. The van der Waals surface area contributed by atoms with Crippen molar-refractivity contribution in [3.63, 3.8) is 0 Å². The molecule has 0 radical (unpaired) electrons. The van der Waals surface area contributed by atoms with E-state index < -0.39 is 9.84 Å². The predicted octanol–water partition coefficient (Wildman–Crippen LogP) is 1.52. The number of hydrogen-bond acceptors (Lipinski definition) is 4. The molecular weight excluding hydrogens is 260 g/mol. The molecule has 4 nitrogen and oxygen atoms in total. The van der Waals surface area contributed by atoms with E-state index in [1.165, 1.54) is 31.9 Å². The van der Waals surface area contributed by atoms with Crippen molar-refractivity contribution in [2.24, 2.45) is 5.41 Å². The Morgan fingerprint density at radius 1 is 1.26 bits per heavy atom. The molecule has 0 spiro atoms. The van der Waals surface area contributed by atoms with Crippen LogP contribution in [0.2, 0.25) is 0 Å². The number of sulfone groups is 1. The lowest BCUT2D eigenvalue weighted by molar-refractivity contribution is 0.175. The standard InChI is InChI=1S/C14H30N2O2S/c1-13(2)15-11-14(7-5-6-8-14)12-16(3)9-10-19(4,17)18/h13,15H,5-12H2,1-4H3. The summed E-state index contributed by atoms with van der Waals surface area (Å²) >= 11 is 0. The van der Waals surface area contributed by atoms with Crippen LogP contribution in [0, 0.1) is 5.41 Å². The fourth-order valence-corrected chi connectivity index (χ4v) is 3.55.